The first kappa shape index (κ1) is 16.4. The van der Waals surface area contributed by atoms with Crippen LogP contribution in [0.2, 0.25) is 0 Å². The quantitative estimate of drug-likeness (QED) is 0.451. The van der Waals surface area contributed by atoms with Gasteiger partial charge in [0.15, 0.2) is 0 Å². The highest BCUT2D eigenvalue weighted by Gasteiger charge is 2.05. The average molecular weight is 312 g/mol. The van der Waals surface area contributed by atoms with Crippen LogP contribution in [0.3, 0.4) is 0 Å². The van der Waals surface area contributed by atoms with Crippen LogP contribution in [0.1, 0.15) is 22.3 Å². The fourth-order valence-corrected chi connectivity index (χ4v) is 3.13. The van der Waals surface area contributed by atoms with E-state index in [1.807, 2.05) is 18.2 Å². The Hall–Kier alpha value is -2.00. The Morgan fingerprint density at radius 3 is 2.55 bits per heavy atom. The summed E-state index contributed by atoms with van der Waals surface area (Å²) < 4.78 is 4.65. The predicted molar refractivity (Wildman–Crippen MR) is 93.0 cm³/mol. The van der Waals surface area contributed by atoms with Crippen molar-refractivity contribution in [1.82, 2.24) is 0 Å². The van der Waals surface area contributed by atoms with E-state index in [2.05, 4.69) is 48.9 Å². The van der Waals surface area contributed by atoms with E-state index >= 15 is 0 Å². The average Bonchev–Trinajstić information content (AvgIpc) is 2.53. The maximum atomic E-state index is 11.3. The van der Waals surface area contributed by atoms with E-state index in [0.717, 1.165) is 11.3 Å². The summed E-state index contributed by atoms with van der Waals surface area (Å²) in [7, 11) is 1.39. The van der Waals surface area contributed by atoms with Crippen molar-refractivity contribution in [1.29, 1.82) is 0 Å². The minimum absolute atomic E-state index is 0.335. The fraction of sp³-hybridized carbons (Fsp3) is 0.211. The summed E-state index contributed by atoms with van der Waals surface area (Å²) in [5.41, 5.74) is 4.80. The molecule has 0 aromatic heterocycles. The van der Waals surface area contributed by atoms with Crippen LogP contribution in [-0.2, 0) is 15.3 Å². The lowest BCUT2D eigenvalue weighted by atomic mass is 10.0. The van der Waals surface area contributed by atoms with Gasteiger partial charge in [0.2, 0.25) is 0 Å². The van der Waals surface area contributed by atoms with Crippen LogP contribution in [0.15, 0.2) is 53.4 Å². The molecule has 0 spiro atoms. The summed E-state index contributed by atoms with van der Waals surface area (Å²) in [6, 6.07) is 14.7. The Morgan fingerprint density at radius 1 is 1.14 bits per heavy atom. The molecule has 22 heavy (non-hydrogen) atoms. The molecular weight excluding hydrogens is 292 g/mol. The first-order valence-corrected chi connectivity index (χ1v) is 8.12. The van der Waals surface area contributed by atoms with Crippen LogP contribution in [0.4, 0.5) is 0 Å². The Morgan fingerprint density at radius 2 is 1.86 bits per heavy atom. The van der Waals surface area contributed by atoms with Crippen molar-refractivity contribution in [3.63, 3.8) is 0 Å². The minimum atomic E-state index is -0.335. The number of methoxy groups -OCH3 is 1. The lowest BCUT2D eigenvalue weighted by molar-refractivity contribution is -0.134. The first-order chi connectivity index (χ1) is 10.6. The number of rotatable bonds is 5. The molecule has 0 fully saturated rings. The van der Waals surface area contributed by atoms with Crippen molar-refractivity contribution < 1.29 is 9.53 Å². The smallest absolute Gasteiger partial charge is 0.330 e. The highest BCUT2D eigenvalue weighted by atomic mass is 32.2. The summed E-state index contributed by atoms with van der Waals surface area (Å²) in [5.74, 6) is 0.537. The number of thioether (sulfide) groups is 1. The molecule has 0 aliphatic carbocycles. The van der Waals surface area contributed by atoms with E-state index in [4.69, 9.17) is 0 Å². The third kappa shape index (κ3) is 4.50. The minimum Gasteiger partial charge on any atom is -0.466 e. The normalized spacial score (nSPS) is 10.9. The Bertz CT molecular complexity index is 672. The Kier molecular flexibility index (Phi) is 5.84. The predicted octanol–water partition coefficient (Wildman–Crippen LogP) is 4.78. The molecule has 2 rings (SSSR count). The summed E-state index contributed by atoms with van der Waals surface area (Å²) in [4.78, 5) is 12.5. The zero-order valence-electron chi connectivity index (χ0n) is 13.1. The Balaban J connectivity index is 2.17. The maximum absolute atomic E-state index is 11.3. The molecule has 0 unspecified atom stereocenters. The molecular formula is C19H20O2S. The number of ether oxygens (including phenoxy) is 1. The van der Waals surface area contributed by atoms with Crippen LogP contribution in [0, 0.1) is 13.8 Å². The van der Waals surface area contributed by atoms with Crippen molar-refractivity contribution in [3.05, 3.63) is 70.8 Å². The molecule has 3 heteroatoms. The standard InChI is InChI=1S/C19H20O2S/c1-14-7-10-17(11-8-14)22-13-18-15(2)5-4-6-16(18)9-12-19(20)21-3/h4-12H,13H2,1-3H3/b12-9+. The second-order valence-electron chi connectivity index (χ2n) is 5.10. The molecule has 0 atom stereocenters. The second-order valence-corrected chi connectivity index (χ2v) is 6.15. The van der Waals surface area contributed by atoms with Gasteiger partial charge in [0.05, 0.1) is 7.11 Å². The molecule has 0 saturated heterocycles. The lowest BCUT2D eigenvalue weighted by Crippen LogP contribution is -1.95. The van der Waals surface area contributed by atoms with E-state index in [1.165, 1.54) is 34.8 Å². The fourth-order valence-electron chi connectivity index (χ4n) is 2.09. The van der Waals surface area contributed by atoms with Gasteiger partial charge in [0, 0.05) is 16.7 Å². The first-order valence-electron chi connectivity index (χ1n) is 7.14. The molecule has 2 aromatic rings. The van der Waals surface area contributed by atoms with E-state index < -0.39 is 0 Å². The highest BCUT2D eigenvalue weighted by molar-refractivity contribution is 7.98. The third-order valence-corrected chi connectivity index (χ3v) is 4.49. The van der Waals surface area contributed by atoms with Crippen LogP contribution in [0.25, 0.3) is 6.08 Å². The maximum Gasteiger partial charge on any atom is 0.330 e. The molecule has 0 N–H and O–H groups in total. The molecule has 0 amide bonds. The van der Waals surface area contributed by atoms with Crippen molar-refractivity contribution >= 4 is 23.8 Å². The largest absolute Gasteiger partial charge is 0.466 e. The molecule has 0 saturated carbocycles. The molecule has 114 valence electrons. The van der Waals surface area contributed by atoms with Gasteiger partial charge in [-0.1, -0.05) is 35.9 Å². The number of hydrogen-bond donors (Lipinski definition) is 0. The molecule has 0 radical (unpaired) electrons. The van der Waals surface area contributed by atoms with E-state index in [9.17, 15) is 4.79 Å². The summed E-state index contributed by atoms with van der Waals surface area (Å²) >= 11 is 1.80. The van der Waals surface area contributed by atoms with E-state index in [0.29, 0.717) is 0 Å². The summed E-state index contributed by atoms with van der Waals surface area (Å²) in [6.45, 7) is 4.19. The van der Waals surface area contributed by atoms with Crippen LogP contribution in [-0.4, -0.2) is 13.1 Å². The van der Waals surface area contributed by atoms with Crippen molar-refractivity contribution in [2.75, 3.05) is 7.11 Å². The van der Waals surface area contributed by atoms with Crippen LogP contribution < -0.4 is 0 Å². The van der Waals surface area contributed by atoms with Gasteiger partial charge >= 0.3 is 5.97 Å². The van der Waals surface area contributed by atoms with Gasteiger partial charge in [-0.05, 0) is 48.7 Å². The van der Waals surface area contributed by atoms with Crippen molar-refractivity contribution in [2.45, 2.75) is 24.5 Å². The summed E-state index contributed by atoms with van der Waals surface area (Å²) in [5, 5.41) is 0. The molecule has 0 aliphatic rings. The molecule has 2 aromatic carbocycles. The SMILES string of the molecule is COC(=O)/C=C/c1cccc(C)c1CSc1ccc(C)cc1. The zero-order valence-corrected chi connectivity index (χ0v) is 13.9. The summed E-state index contributed by atoms with van der Waals surface area (Å²) in [6.07, 6.45) is 3.29. The number of benzene rings is 2. The third-order valence-electron chi connectivity index (χ3n) is 3.45. The van der Waals surface area contributed by atoms with Gasteiger partial charge < -0.3 is 4.74 Å². The molecule has 0 bridgehead atoms. The lowest BCUT2D eigenvalue weighted by Gasteiger charge is -2.10. The van der Waals surface area contributed by atoms with Crippen molar-refractivity contribution in [3.8, 4) is 0 Å². The number of carbonyl (C=O) groups excluding carboxylic acids is 1. The van der Waals surface area contributed by atoms with Gasteiger partial charge in [-0.25, -0.2) is 4.79 Å². The van der Waals surface area contributed by atoms with Gasteiger partial charge in [0.25, 0.3) is 0 Å². The van der Waals surface area contributed by atoms with E-state index in [1.54, 1.807) is 11.8 Å². The number of esters is 1. The zero-order chi connectivity index (χ0) is 15.9. The molecule has 0 aliphatic heterocycles. The number of hydrogen-bond acceptors (Lipinski definition) is 3. The van der Waals surface area contributed by atoms with Gasteiger partial charge in [-0.2, -0.15) is 0 Å². The van der Waals surface area contributed by atoms with Gasteiger partial charge in [-0.15, -0.1) is 11.8 Å². The van der Waals surface area contributed by atoms with Crippen molar-refractivity contribution in [2.24, 2.45) is 0 Å². The Labute approximate surface area is 136 Å². The van der Waals surface area contributed by atoms with Gasteiger partial charge in [0.1, 0.15) is 0 Å². The number of carbonyl (C=O) groups is 1. The topological polar surface area (TPSA) is 26.3 Å². The molecule has 2 nitrogen and oxygen atoms in total. The number of aryl methyl sites for hydroxylation is 2. The van der Waals surface area contributed by atoms with E-state index in [-0.39, 0.29) is 5.97 Å². The second kappa shape index (κ2) is 7.85. The monoisotopic (exact) mass is 312 g/mol. The van der Waals surface area contributed by atoms with Crippen LogP contribution >= 0.6 is 11.8 Å². The molecule has 0 heterocycles. The van der Waals surface area contributed by atoms with Crippen LogP contribution in [0.5, 0.6) is 0 Å². The highest BCUT2D eigenvalue weighted by Crippen LogP contribution is 2.27. The van der Waals surface area contributed by atoms with Gasteiger partial charge in [-0.3, -0.25) is 0 Å².